The van der Waals surface area contributed by atoms with E-state index in [4.69, 9.17) is 5.11 Å². The van der Waals surface area contributed by atoms with E-state index in [0.29, 0.717) is 13.0 Å². The zero-order chi connectivity index (χ0) is 14.7. The van der Waals surface area contributed by atoms with Crippen LogP contribution in [0.3, 0.4) is 0 Å². The molecule has 2 rings (SSSR count). The number of carboxylic acid groups (broad SMARTS) is 1. The number of nitro groups is 1. The lowest BCUT2D eigenvalue weighted by atomic mass is 10.0. The van der Waals surface area contributed by atoms with E-state index in [1.165, 1.54) is 12.1 Å². The van der Waals surface area contributed by atoms with Gasteiger partial charge in [0.1, 0.15) is 11.9 Å². The molecule has 1 heterocycles. The molecule has 108 valence electrons. The van der Waals surface area contributed by atoms with Gasteiger partial charge in [0.25, 0.3) is 5.69 Å². The fraction of sp³-hybridized carbons (Fsp3) is 0.462. The smallest absolute Gasteiger partial charge is 0.320 e. The van der Waals surface area contributed by atoms with Crippen LogP contribution in [0.4, 0.5) is 10.1 Å². The Balaban J connectivity index is 2.16. The maximum atomic E-state index is 13.8. The van der Waals surface area contributed by atoms with E-state index in [0.717, 1.165) is 18.9 Å². The van der Waals surface area contributed by atoms with Crippen molar-refractivity contribution in [2.75, 3.05) is 6.54 Å². The highest BCUT2D eigenvalue weighted by atomic mass is 19.1. The minimum Gasteiger partial charge on any atom is -0.480 e. The van der Waals surface area contributed by atoms with Crippen LogP contribution in [0.15, 0.2) is 18.2 Å². The van der Waals surface area contributed by atoms with Crippen molar-refractivity contribution in [2.24, 2.45) is 0 Å². The van der Waals surface area contributed by atoms with Gasteiger partial charge in [-0.3, -0.25) is 19.8 Å². The molecule has 1 aromatic rings. The summed E-state index contributed by atoms with van der Waals surface area (Å²) in [6, 6.07) is 2.84. The normalized spacial score (nSPS) is 19.8. The van der Waals surface area contributed by atoms with Crippen molar-refractivity contribution >= 4 is 11.7 Å². The monoisotopic (exact) mass is 282 g/mol. The molecule has 7 heteroatoms. The zero-order valence-electron chi connectivity index (χ0n) is 10.8. The molecule has 0 amide bonds. The summed E-state index contributed by atoms with van der Waals surface area (Å²) in [5, 5.41) is 19.7. The molecule has 20 heavy (non-hydrogen) atoms. The average Bonchev–Trinajstić information content (AvgIpc) is 2.41. The first-order valence-corrected chi connectivity index (χ1v) is 6.38. The summed E-state index contributed by atoms with van der Waals surface area (Å²) < 4.78 is 13.8. The average molecular weight is 282 g/mol. The molecular weight excluding hydrogens is 267 g/mol. The number of likely N-dealkylation sites (tertiary alicyclic amines) is 1. The molecule has 1 atom stereocenters. The Morgan fingerprint density at radius 3 is 2.85 bits per heavy atom. The van der Waals surface area contributed by atoms with Crippen LogP contribution in [-0.4, -0.2) is 33.5 Å². The lowest BCUT2D eigenvalue weighted by molar-refractivity contribution is -0.385. The molecule has 1 aromatic carbocycles. The minimum absolute atomic E-state index is 0.154. The predicted molar refractivity (Wildman–Crippen MR) is 68.7 cm³/mol. The van der Waals surface area contributed by atoms with Crippen molar-refractivity contribution in [1.29, 1.82) is 0 Å². The number of carbonyl (C=O) groups is 1. The lowest BCUT2D eigenvalue weighted by Crippen LogP contribution is -2.44. The summed E-state index contributed by atoms with van der Waals surface area (Å²) in [7, 11) is 0. The predicted octanol–water partition coefficient (Wildman–Crippen LogP) is 2.17. The van der Waals surface area contributed by atoms with Crippen molar-refractivity contribution < 1.29 is 19.2 Å². The van der Waals surface area contributed by atoms with Gasteiger partial charge in [-0.15, -0.1) is 0 Å². The number of non-ortho nitro benzene ring substituents is 1. The third-order valence-corrected chi connectivity index (χ3v) is 3.52. The number of piperidine rings is 1. The Morgan fingerprint density at radius 2 is 2.25 bits per heavy atom. The van der Waals surface area contributed by atoms with E-state index < -0.39 is 22.8 Å². The molecular formula is C13H15FN2O4. The van der Waals surface area contributed by atoms with Gasteiger partial charge < -0.3 is 5.11 Å². The second kappa shape index (κ2) is 5.96. The highest BCUT2D eigenvalue weighted by molar-refractivity contribution is 5.73. The van der Waals surface area contributed by atoms with E-state index in [9.17, 15) is 19.3 Å². The number of hydrogen-bond acceptors (Lipinski definition) is 4. The second-order valence-electron chi connectivity index (χ2n) is 4.85. The van der Waals surface area contributed by atoms with Gasteiger partial charge >= 0.3 is 5.97 Å². The quantitative estimate of drug-likeness (QED) is 0.676. The number of carboxylic acids is 1. The zero-order valence-corrected chi connectivity index (χ0v) is 10.8. The highest BCUT2D eigenvalue weighted by Gasteiger charge is 2.29. The van der Waals surface area contributed by atoms with Crippen LogP contribution in [0.1, 0.15) is 24.8 Å². The third kappa shape index (κ3) is 3.11. The van der Waals surface area contributed by atoms with Gasteiger partial charge in [0.15, 0.2) is 0 Å². The number of aliphatic carboxylic acids is 1. The third-order valence-electron chi connectivity index (χ3n) is 3.52. The Morgan fingerprint density at radius 1 is 1.50 bits per heavy atom. The van der Waals surface area contributed by atoms with Crippen LogP contribution >= 0.6 is 0 Å². The summed E-state index contributed by atoms with van der Waals surface area (Å²) in [5.74, 6) is -1.58. The minimum atomic E-state index is -0.910. The largest absolute Gasteiger partial charge is 0.480 e. The molecule has 0 aliphatic carbocycles. The fourth-order valence-electron chi connectivity index (χ4n) is 2.46. The number of rotatable bonds is 4. The van der Waals surface area contributed by atoms with Crippen molar-refractivity contribution in [3.05, 3.63) is 39.7 Å². The number of benzene rings is 1. The number of nitrogens with zero attached hydrogens (tertiary/aromatic N) is 2. The van der Waals surface area contributed by atoms with Crippen LogP contribution in [-0.2, 0) is 11.3 Å². The molecule has 0 unspecified atom stereocenters. The lowest BCUT2D eigenvalue weighted by Gasteiger charge is -2.32. The summed E-state index contributed by atoms with van der Waals surface area (Å²) in [5.41, 5.74) is -0.0246. The van der Waals surface area contributed by atoms with Gasteiger partial charge in [-0.05, 0) is 25.5 Å². The van der Waals surface area contributed by atoms with Crippen molar-refractivity contribution in [3.8, 4) is 0 Å². The van der Waals surface area contributed by atoms with Crippen molar-refractivity contribution in [1.82, 2.24) is 4.90 Å². The maximum absolute atomic E-state index is 13.8. The molecule has 1 fully saturated rings. The van der Waals surface area contributed by atoms with Crippen LogP contribution in [0.2, 0.25) is 0 Å². The van der Waals surface area contributed by atoms with Crippen LogP contribution in [0.25, 0.3) is 0 Å². The van der Waals surface area contributed by atoms with Gasteiger partial charge in [-0.25, -0.2) is 4.39 Å². The van der Waals surface area contributed by atoms with E-state index in [-0.39, 0.29) is 17.8 Å². The Hall–Kier alpha value is -2.02. The molecule has 0 saturated carbocycles. The van der Waals surface area contributed by atoms with Gasteiger partial charge in [0.2, 0.25) is 0 Å². The topological polar surface area (TPSA) is 83.7 Å². The molecule has 0 bridgehead atoms. The Labute approximate surface area is 115 Å². The number of nitro benzene ring substituents is 1. The maximum Gasteiger partial charge on any atom is 0.320 e. The molecule has 1 N–H and O–H groups in total. The summed E-state index contributed by atoms with van der Waals surface area (Å²) in [6.45, 7) is 0.744. The highest BCUT2D eigenvalue weighted by Crippen LogP contribution is 2.23. The number of hydrogen-bond donors (Lipinski definition) is 1. The number of halogens is 1. The van der Waals surface area contributed by atoms with Crippen molar-refractivity contribution in [3.63, 3.8) is 0 Å². The summed E-state index contributed by atoms with van der Waals surface area (Å²) in [6.07, 6.45) is 2.26. The van der Waals surface area contributed by atoms with E-state index in [1.807, 2.05) is 0 Å². The Bertz CT molecular complexity index is 535. The summed E-state index contributed by atoms with van der Waals surface area (Å²) >= 11 is 0. The summed E-state index contributed by atoms with van der Waals surface area (Å²) in [4.78, 5) is 22.8. The van der Waals surface area contributed by atoms with Gasteiger partial charge in [-0.1, -0.05) is 6.42 Å². The van der Waals surface area contributed by atoms with Gasteiger partial charge in [0, 0.05) is 18.2 Å². The molecule has 0 spiro atoms. The molecule has 6 nitrogen and oxygen atoms in total. The van der Waals surface area contributed by atoms with E-state index in [1.54, 1.807) is 4.90 Å². The van der Waals surface area contributed by atoms with Crippen LogP contribution in [0.5, 0.6) is 0 Å². The first kappa shape index (κ1) is 14.4. The van der Waals surface area contributed by atoms with Gasteiger partial charge in [-0.2, -0.15) is 0 Å². The molecule has 1 saturated heterocycles. The first-order chi connectivity index (χ1) is 9.49. The first-order valence-electron chi connectivity index (χ1n) is 6.38. The van der Waals surface area contributed by atoms with E-state index in [2.05, 4.69) is 0 Å². The SMILES string of the molecule is O=C(O)[C@@H]1CCCCN1Cc1ccc([N+](=O)[O-])cc1F. The molecule has 1 aliphatic rings. The van der Waals surface area contributed by atoms with Crippen LogP contribution < -0.4 is 0 Å². The van der Waals surface area contributed by atoms with Gasteiger partial charge in [0.05, 0.1) is 11.0 Å². The van der Waals surface area contributed by atoms with Crippen molar-refractivity contribution in [2.45, 2.75) is 31.8 Å². The second-order valence-corrected chi connectivity index (χ2v) is 4.85. The molecule has 1 aliphatic heterocycles. The Kier molecular flexibility index (Phi) is 4.29. The molecule has 0 radical (unpaired) electrons. The van der Waals surface area contributed by atoms with E-state index >= 15 is 0 Å². The standard InChI is InChI=1S/C13H15FN2O4/c14-11-7-10(16(19)20)5-4-9(11)8-15-6-2-1-3-12(15)13(17)18/h4-5,7,12H,1-3,6,8H2,(H,17,18)/t12-/m0/s1. The molecule has 0 aromatic heterocycles. The van der Waals surface area contributed by atoms with Crippen LogP contribution in [0, 0.1) is 15.9 Å². The fourth-order valence-corrected chi connectivity index (χ4v) is 2.46.